The molecule has 0 aliphatic carbocycles. The zero-order chi connectivity index (χ0) is 10.2. The first-order valence-corrected chi connectivity index (χ1v) is 5.64. The molecule has 0 amide bonds. The van der Waals surface area contributed by atoms with Crippen molar-refractivity contribution in [3.63, 3.8) is 0 Å². The van der Waals surface area contributed by atoms with E-state index in [9.17, 15) is 0 Å². The van der Waals surface area contributed by atoms with E-state index in [0.717, 1.165) is 0 Å². The number of hydrogen-bond acceptors (Lipinski definition) is 0. The van der Waals surface area contributed by atoms with Gasteiger partial charge in [-0.2, -0.15) is 0 Å². The van der Waals surface area contributed by atoms with Crippen LogP contribution in [0.2, 0.25) is 0 Å². The molecule has 0 aromatic heterocycles. The van der Waals surface area contributed by atoms with Gasteiger partial charge in [0.15, 0.2) is 0 Å². The third kappa shape index (κ3) is 3.72. The van der Waals surface area contributed by atoms with Crippen LogP contribution >= 0.6 is 8.58 Å². The van der Waals surface area contributed by atoms with E-state index in [2.05, 4.69) is 49.1 Å². The molecule has 0 bridgehead atoms. The molecule has 0 heterocycles. The topological polar surface area (TPSA) is 0 Å². The van der Waals surface area contributed by atoms with E-state index in [1.165, 1.54) is 10.6 Å². The van der Waals surface area contributed by atoms with E-state index >= 15 is 0 Å². The molecule has 1 aromatic carbocycles. The summed E-state index contributed by atoms with van der Waals surface area (Å²) in [4.78, 5) is 0. The molecule has 0 nitrogen and oxygen atoms in total. The Balaban J connectivity index is 2.75. The minimum Gasteiger partial charge on any atom is -0.0990 e. The molecule has 0 saturated heterocycles. The molecule has 0 fully saturated rings. The van der Waals surface area contributed by atoms with Gasteiger partial charge in [0.05, 0.1) is 0 Å². The molecule has 1 aromatic rings. The smallest absolute Gasteiger partial charge is 0.0226 e. The van der Waals surface area contributed by atoms with Crippen molar-refractivity contribution in [1.82, 2.24) is 0 Å². The quantitative estimate of drug-likeness (QED) is 0.516. The number of rotatable bonds is 4. The molecule has 0 radical (unpaired) electrons. The van der Waals surface area contributed by atoms with Gasteiger partial charge in [0.25, 0.3) is 0 Å². The predicted octanol–water partition coefficient (Wildman–Crippen LogP) is 3.64. The van der Waals surface area contributed by atoms with Gasteiger partial charge in [-0.15, -0.1) is 0 Å². The van der Waals surface area contributed by atoms with Crippen molar-refractivity contribution in [1.29, 1.82) is 0 Å². The molecule has 0 aliphatic heterocycles. The third-order valence-corrected chi connectivity index (χ3v) is 2.95. The normalized spacial score (nSPS) is 12.8. The maximum absolute atomic E-state index is 3.72. The fourth-order valence-corrected chi connectivity index (χ4v) is 2.28. The molecule has 14 heavy (non-hydrogen) atoms. The molecule has 0 N–H and O–H groups in total. The standard InChI is InChI=1S/C13H15P/c1-3-8-12(9-4-2)14-13-10-6-5-7-11-13/h3-11,14H,1H2,2H3/b9-4-,12-8+. The summed E-state index contributed by atoms with van der Waals surface area (Å²) in [6.07, 6.45) is 8.09. The number of allylic oxidation sites excluding steroid dienone is 5. The lowest BCUT2D eigenvalue weighted by Gasteiger charge is -2.01. The fraction of sp³-hybridized carbons (Fsp3) is 0.0769. The molecule has 1 unspecified atom stereocenters. The molecule has 1 rings (SSSR count). The molecular formula is C13H15P. The second-order valence-corrected chi connectivity index (χ2v) is 4.25. The van der Waals surface area contributed by atoms with Crippen LogP contribution in [0.1, 0.15) is 6.92 Å². The Labute approximate surface area is 87.8 Å². The Hall–Kier alpha value is -1.13. The lowest BCUT2D eigenvalue weighted by Crippen LogP contribution is -1.91. The average molecular weight is 202 g/mol. The minimum atomic E-state index is 0.712. The van der Waals surface area contributed by atoms with Gasteiger partial charge in [-0.1, -0.05) is 69.8 Å². The molecular weight excluding hydrogens is 187 g/mol. The first-order valence-electron chi connectivity index (χ1n) is 4.64. The Morgan fingerprint density at radius 3 is 2.57 bits per heavy atom. The van der Waals surface area contributed by atoms with Crippen LogP contribution in [0.15, 0.2) is 66.5 Å². The fourth-order valence-electron chi connectivity index (χ4n) is 1.13. The SMILES string of the molecule is C=C/C=C(\C=C/C)Pc1ccccc1. The van der Waals surface area contributed by atoms with Crippen LogP contribution in [0, 0.1) is 0 Å². The summed E-state index contributed by atoms with van der Waals surface area (Å²) >= 11 is 0. The van der Waals surface area contributed by atoms with Crippen LogP contribution in [-0.4, -0.2) is 0 Å². The zero-order valence-electron chi connectivity index (χ0n) is 8.40. The highest BCUT2D eigenvalue weighted by Crippen LogP contribution is 2.23. The lowest BCUT2D eigenvalue weighted by molar-refractivity contribution is 1.71. The highest BCUT2D eigenvalue weighted by molar-refractivity contribution is 7.52. The second kappa shape index (κ2) is 6.34. The van der Waals surface area contributed by atoms with Gasteiger partial charge < -0.3 is 0 Å². The summed E-state index contributed by atoms with van der Waals surface area (Å²) in [5, 5.41) is 2.67. The van der Waals surface area contributed by atoms with Gasteiger partial charge in [0.2, 0.25) is 0 Å². The Bertz CT molecular complexity index is 334. The molecule has 0 spiro atoms. The summed E-state index contributed by atoms with van der Waals surface area (Å²) in [5.74, 6) is 0. The highest BCUT2D eigenvalue weighted by atomic mass is 31.1. The van der Waals surface area contributed by atoms with Crippen LogP contribution in [0.25, 0.3) is 0 Å². The molecule has 0 aliphatic rings. The summed E-state index contributed by atoms with van der Waals surface area (Å²) in [6, 6.07) is 10.5. The molecule has 1 atom stereocenters. The predicted molar refractivity (Wildman–Crippen MR) is 67.5 cm³/mol. The summed E-state index contributed by atoms with van der Waals surface area (Å²) in [6.45, 7) is 5.75. The Morgan fingerprint density at radius 2 is 2.00 bits per heavy atom. The van der Waals surface area contributed by atoms with Crippen molar-refractivity contribution in [2.24, 2.45) is 0 Å². The Kier molecular flexibility index (Phi) is 4.96. The van der Waals surface area contributed by atoms with E-state index in [1.54, 1.807) is 0 Å². The van der Waals surface area contributed by atoms with Crippen molar-refractivity contribution in [2.45, 2.75) is 6.92 Å². The van der Waals surface area contributed by atoms with Crippen molar-refractivity contribution >= 4 is 13.9 Å². The average Bonchev–Trinajstić information content (AvgIpc) is 2.20. The first-order chi connectivity index (χ1) is 6.86. The molecule has 1 heteroatoms. The first kappa shape index (κ1) is 10.9. The monoisotopic (exact) mass is 202 g/mol. The highest BCUT2D eigenvalue weighted by Gasteiger charge is 1.93. The zero-order valence-corrected chi connectivity index (χ0v) is 9.40. The van der Waals surface area contributed by atoms with Crippen LogP contribution in [-0.2, 0) is 0 Å². The van der Waals surface area contributed by atoms with Gasteiger partial charge in [-0.25, -0.2) is 0 Å². The summed E-state index contributed by atoms with van der Waals surface area (Å²) in [7, 11) is 0.712. The summed E-state index contributed by atoms with van der Waals surface area (Å²) < 4.78 is 0. The maximum atomic E-state index is 3.72. The number of hydrogen-bond donors (Lipinski definition) is 0. The van der Waals surface area contributed by atoms with E-state index in [4.69, 9.17) is 0 Å². The van der Waals surface area contributed by atoms with E-state index in [1.807, 2.05) is 19.1 Å². The Morgan fingerprint density at radius 1 is 1.29 bits per heavy atom. The lowest BCUT2D eigenvalue weighted by atomic mass is 10.4. The maximum Gasteiger partial charge on any atom is -0.0226 e. The molecule has 72 valence electrons. The van der Waals surface area contributed by atoms with Gasteiger partial charge in [-0.05, 0) is 17.5 Å². The largest absolute Gasteiger partial charge is 0.0990 e. The second-order valence-electron chi connectivity index (χ2n) is 2.85. The van der Waals surface area contributed by atoms with Crippen molar-refractivity contribution in [3.05, 3.63) is 66.5 Å². The van der Waals surface area contributed by atoms with Gasteiger partial charge in [0, 0.05) is 0 Å². The van der Waals surface area contributed by atoms with Crippen molar-refractivity contribution in [2.75, 3.05) is 0 Å². The van der Waals surface area contributed by atoms with Crippen LogP contribution < -0.4 is 5.30 Å². The van der Waals surface area contributed by atoms with E-state index < -0.39 is 0 Å². The van der Waals surface area contributed by atoms with E-state index in [0.29, 0.717) is 8.58 Å². The third-order valence-electron chi connectivity index (χ3n) is 1.71. The van der Waals surface area contributed by atoms with Crippen LogP contribution in [0.4, 0.5) is 0 Å². The van der Waals surface area contributed by atoms with Gasteiger partial charge in [-0.3, -0.25) is 0 Å². The summed E-state index contributed by atoms with van der Waals surface area (Å²) in [5.41, 5.74) is 0. The number of benzene rings is 1. The van der Waals surface area contributed by atoms with Gasteiger partial charge >= 0.3 is 0 Å². The van der Waals surface area contributed by atoms with Crippen molar-refractivity contribution < 1.29 is 0 Å². The van der Waals surface area contributed by atoms with Crippen molar-refractivity contribution in [3.8, 4) is 0 Å². The molecule has 0 saturated carbocycles. The van der Waals surface area contributed by atoms with Crippen LogP contribution in [0.3, 0.4) is 0 Å². The minimum absolute atomic E-state index is 0.712. The van der Waals surface area contributed by atoms with E-state index in [-0.39, 0.29) is 0 Å². The van der Waals surface area contributed by atoms with Gasteiger partial charge in [0.1, 0.15) is 0 Å². The van der Waals surface area contributed by atoms with Crippen LogP contribution in [0.5, 0.6) is 0 Å².